The lowest BCUT2D eigenvalue weighted by molar-refractivity contribution is -0.152. The van der Waals surface area contributed by atoms with Crippen molar-refractivity contribution >= 4 is 5.97 Å². The monoisotopic (exact) mass is 269 g/mol. The third-order valence-electron chi connectivity index (χ3n) is 4.34. The highest BCUT2D eigenvalue weighted by molar-refractivity contribution is 5.69. The highest BCUT2D eigenvalue weighted by Gasteiger charge is 2.26. The Morgan fingerprint density at radius 1 is 1.21 bits per heavy atom. The molecule has 2 N–H and O–H groups in total. The van der Waals surface area contributed by atoms with Crippen LogP contribution in [-0.2, 0) is 9.53 Å². The minimum atomic E-state index is -0.0122. The molecule has 1 aliphatic rings. The molecule has 1 fully saturated rings. The van der Waals surface area contributed by atoms with E-state index < -0.39 is 0 Å². The third kappa shape index (κ3) is 6.42. The maximum atomic E-state index is 11.9. The summed E-state index contributed by atoms with van der Waals surface area (Å²) in [6.07, 6.45) is 7.08. The molecule has 0 amide bonds. The number of hydrogen-bond acceptors (Lipinski definition) is 3. The zero-order valence-electron chi connectivity index (χ0n) is 12.9. The number of rotatable bonds is 7. The third-order valence-corrected chi connectivity index (χ3v) is 4.34. The molecule has 0 aromatic rings. The molecule has 1 aliphatic carbocycles. The molecule has 1 rings (SSSR count). The summed E-state index contributed by atoms with van der Waals surface area (Å²) in [4.78, 5) is 11.9. The Kier molecular flexibility index (Phi) is 7.44. The smallest absolute Gasteiger partial charge is 0.306 e. The fraction of sp³-hybridized carbons (Fsp3) is 0.938. The average Bonchev–Trinajstić information content (AvgIpc) is 2.33. The second-order valence-corrected chi connectivity index (χ2v) is 6.42. The SMILES string of the molecule is CCC(CCN)CCC(=O)OC1CC(C)CC(C)C1. The summed E-state index contributed by atoms with van der Waals surface area (Å²) >= 11 is 0. The van der Waals surface area contributed by atoms with Crippen LogP contribution in [0.5, 0.6) is 0 Å². The summed E-state index contributed by atoms with van der Waals surface area (Å²) in [6, 6.07) is 0. The molecule has 0 aromatic heterocycles. The molecule has 19 heavy (non-hydrogen) atoms. The van der Waals surface area contributed by atoms with Crippen molar-refractivity contribution in [3.63, 3.8) is 0 Å². The predicted molar refractivity (Wildman–Crippen MR) is 78.7 cm³/mol. The van der Waals surface area contributed by atoms with E-state index in [4.69, 9.17) is 10.5 Å². The van der Waals surface area contributed by atoms with Crippen LogP contribution in [0.1, 0.15) is 65.7 Å². The molecule has 3 heteroatoms. The number of esters is 1. The van der Waals surface area contributed by atoms with E-state index >= 15 is 0 Å². The highest BCUT2D eigenvalue weighted by Crippen LogP contribution is 2.30. The number of carbonyl (C=O) groups is 1. The van der Waals surface area contributed by atoms with Crippen LogP contribution in [-0.4, -0.2) is 18.6 Å². The molecule has 0 saturated heterocycles. The Balaban J connectivity index is 2.26. The van der Waals surface area contributed by atoms with E-state index in [1.165, 1.54) is 6.42 Å². The average molecular weight is 269 g/mol. The van der Waals surface area contributed by atoms with Gasteiger partial charge in [0.25, 0.3) is 0 Å². The van der Waals surface area contributed by atoms with Gasteiger partial charge in [0.05, 0.1) is 0 Å². The maximum absolute atomic E-state index is 11.9. The van der Waals surface area contributed by atoms with Crippen LogP contribution in [0.15, 0.2) is 0 Å². The fourth-order valence-corrected chi connectivity index (χ4v) is 3.32. The zero-order valence-corrected chi connectivity index (χ0v) is 12.9. The molecule has 0 spiro atoms. The Morgan fingerprint density at radius 3 is 2.37 bits per heavy atom. The fourth-order valence-electron chi connectivity index (χ4n) is 3.32. The van der Waals surface area contributed by atoms with E-state index in [9.17, 15) is 4.79 Å². The van der Waals surface area contributed by atoms with Gasteiger partial charge in [0.2, 0.25) is 0 Å². The first-order chi connectivity index (χ1) is 9.05. The summed E-state index contributed by atoms with van der Waals surface area (Å²) in [6.45, 7) is 7.39. The van der Waals surface area contributed by atoms with Gasteiger partial charge in [-0.1, -0.05) is 27.2 Å². The minimum absolute atomic E-state index is 0.0122. The van der Waals surface area contributed by atoms with Crippen LogP contribution >= 0.6 is 0 Å². The van der Waals surface area contributed by atoms with Gasteiger partial charge in [0.1, 0.15) is 6.10 Å². The molecule has 3 atom stereocenters. The topological polar surface area (TPSA) is 52.3 Å². The highest BCUT2D eigenvalue weighted by atomic mass is 16.5. The van der Waals surface area contributed by atoms with Crippen LogP contribution < -0.4 is 5.73 Å². The van der Waals surface area contributed by atoms with Crippen molar-refractivity contribution in [2.45, 2.75) is 71.8 Å². The van der Waals surface area contributed by atoms with Crippen molar-refractivity contribution in [3.05, 3.63) is 0 Å². The molecular formula is C16H31NO2. The lowest BCUT2D eigenvalue weighted by Crippen LogP contribution is -2.28. The van der Waals surface area contributed by atoms with E-state index in [0.717, 1.165) is 32.1 Å². The van der Waals surface area contributed by atoms with Gasteiger partial charge in [-0.15, -0.1) is 0 Å². The van der Waals surface area contributed by atoms with Crippen LogP contribution in [0.4, 0.5) is 0 Å². The second kappa shape index (κ2) is 8.57. The van der Waals surface area contributed by atoms with Gasteiger partial charge in [-0.05, 0) is 56.4 Å². The lowest BCUT2D eigenvalue weighted by atomic mass is 9.82. The van der Waals surface area contributed by atoms with Crippen molar-refractivity contribution in [1.29, 1.82) is 0 Å². The summed E-state index contributed by atoms with van der Waals surface area (Å²) in [7, 11) is 0. The molecule has 112 valence electrons. The van der Waals surface area contributed by atoms with Gasteiger partial charge in [0.15, 0.2) is 0 Å². The first kappa shape index (κ1) is 16.5. The summed E-state index contributed by atoms with van der Waals surface area (Å²) < 4.78 is 5.64. The Bertz CT molecular complexity index is 257. The van der Waals surface area contributed by atoms with Crippen LogP contribution in [0.25, 0.3) is 0 Å². The molecule has 0 radical (unpaired) electrons. The molecule has 3 nitrogen and oxygen atoms in total. The van der Waals surface area contributed by atoms with Crippen LogP contribution in [0, 0.1) is 17.8 Å². The van der Waals surface area contributed by atoms with Gasteiger partial charge in [-0.25, -0.2) is 0 Å². The molecule has 0 aliphatic heterocycles. The van der Waals surface area contributed by atoms with E-state index in [-0.39, 0.29) is 12.1 Å². The summed E-state index contributed by atoms with van der Waals surface area (Å²) in [5.74, 6) is 1.92. The van der Waals surface area contributed by atoms with Gasteiger partial charge >= 0.3 is 5.97 Å². The maximum Gasteiger partial charge on any atom is 0.306 e. The van der Waals surface area contributed by atoms with Gasteiger partial charge in [-0.2, -0.15) is 0 Å². The predicted octanol–water partition coefficient (Wildman–Crippen LogP) is 3.51. The molecule has 0 aromatic carbocycles. The van der Waals surface area contributed by atoms with Crippen molar-refractivity contribution < 1.29 is 9.53 Å². The van der Waals surface area contributed by atoms with E-state index in [1.807, 2.05) is 0 Å². The van der Waals surface area contributed by atoms with Gasteiger partial charge in [0, 0.05) is 6.42 Å². The van der Waals surface area contributed by atoms with Gasteiger partial charge in [-0.3, -0.25) is 4.79 Å². The van der Waals surface area contributed by atoms with Crippen molar-refractivity contribution in [1.82, 2.24) is 0 Å². The minimum Gasteiger partial charge on any atom is -0.462 e. The number of nitrogens with two attached hydrogens (primary N) is 1. The normalized spacial score (nSPS) is 28.9. The van der Waals surface area contributed by atoms with Gasteiger partial charge < -0.3 is 10.5 Å². The molecule has 1 saturated carbocycles. The second-order valence-electron chi connectivity index (χ2n) is 6.42. The van der Waals surface area contributed by atoms with Crippen molar-refractivity contribution in [2.24, 2.45) is 23.5 Å². The van der Waals surface area contributed by atoms with E-state index in [1.54, 1.807) is 0 Å². The van der Waals surface area contributed by atoms with E-state index in [2.05, 4.69) is 20.8 Å². The number of carbonyl (C=O) groups excluding carboxylic acids is 1. The number of hydrogen-bond donors (Lipinski definition) is 1. The molecule has 0 heterocycles. The lowest BCUT2D eigenvalue weighted by Gasteiger charge is -2.31. The summed E-state index contributed by atoms with van der Waals surface area (Å²) in [5, 5.41) is 0. The summed E-state index contributed by atoms with van der Waals surface area (Å²) in [5.41, 5.74) is 5.58. The Hall–Kier alpha value is -0.570. The molecular weight excluding hydrogens is 238 g/mol. The molecule has 0 bridgehead atoms. The van der Waals surface area contributed by atoms with Crippen molar-refractivity contribution in [3.8, 4) is 0 Å². The first-order valence-electron chi connectivity index (χ1n) is 7.94. The standard InChI is InChI=1S/C16H31NO2/c1-4-14(7-8-17)5-6-16(18)19-15-10-12(2)9-13(3)11-15/h12-15H,4-11,17H2,1-3H3. The van der Waals surface area contributed by atoms with Crippen LogP contribution in [0.2, 0.25) is 0 Å². The van der Waals surface area contributed by atoms with E-state index in [0.29, 0.717) is 30.7 Å². The Labute approximate surface area is 118 Å². The zero-order chi connectivity index (χ0) is 14.3. The Morgan fingerprint density at radius 2 is 1.84 bits per heavy atom. The number of ether oxygens (including phenoxy) is 1. The molecule has 3 unspecified atom stereocenters. The largest absolute Gasteiger partial charge is 0.462 e. The quantitative estimate of drug-likeness (QED) is 0.720. The van der Waals surface area contributed by atoms with Crippen molar-refractivity contribution in [2.75, 3.05) is 6.54 Å². The van der Waals surface area contributed by atoms with Crippen LogP contribution in [0.3, 0.4) is 0 Å². The first-order valence-corrected chi connectivity index (χ1v) is 7.94.